The second-order valence-corrected chi connectivity index (χ2v) is 6.71. The highest BCUT2D eigenvalue weighted by Gasteiger charge is 2.46. The first-order valence-corrected chi connectivity index (χ1v) is 8.15. The summed E-state index contributed by atoms with van der Waals surface area (Å²) in [5.41, 5.74) is 5.07. The first-order chi connectivity index (χ1) is 10.7. The fourth-order valence-electron chi connectivity index (χ4n) is 4.21. The number of carbonyl (C=O) groups excluding carboxylic acids is 1. The second-order valence-electron chi connectivity index (χ2n) is 6.33. The van der Waals surface area contributed by atoms with Crippen LogP contribution in [-0.4, -0.2) is 5.24 Å². The molecule has 0 aromatic heterocycles. The van der Waals surface area contributed by atoms with Crippen molar-refractivity contribution in [3.8, 4) is 0 Å². The van der Waals surface area contributed by atoms with E-state index >= 15 is 0 Å². The highest BCUT2D eigenvalue weighted by atomic mass is 35.5. The standard InChI is InChI=1S/C20H17ClO/c21-19(22)16-11-12-20(13-16)17-7-3-1-5-14(17)9-10-15-6-2-4-8-18(15)20/h1-10,16H,11-13H2. The summed E-state index contributed by atoms with van der Waals surface area (Å²) >= 11 is 5.83. The molecule has 0 radical (unpaired) electrons. The van der Waals surface area contributed by atoms with E-state index in [4.69, 9.17) is 11.6 Å². The van der Waals surface area contributed by atoms with Crippen molar-refractivity contribution in [1.29, 1.82) is 0 Å². The van der Waals surface area contributed by atoms with E-state index < -0.39 is 0 Å². The van der Waals surface area contributed by atoms with Gasteiger partial charge in [0.15, 0.2) is 0 Å². The third-order valence-corrected chi connectivity index (χ3v) is 5.54. The Kier molecular flexibility index (Phi) is 3.19. The summed E-state index contributed by atoms with van der Waals surface area (Å²) < 4.78 is 0. The average Bonchev–Trinajstić information content (AvgIpc) is 2.94. The number of carbonyl (C=O) groups is 1. The number of halogens is 1. The van der Waals surface area contributed by atoms with Crippen molar-refractivity contribution < 1.29 is 4.79 Å². The second kappa shape index (κ2) is 5.10. The van der Waals surface area contributed by atoms with E-state index in [0.717, 1.165) is 19.3 Å². The van der Waals surface area contributed by atoms with E-state index in [1.807, 2.05) is 0 Å². The van der Waals surface area contributed by atoms with Crippen LogP contribution < -0.4 is 0 Å². The number of rotatable bonds is 1. The van der Waals surface area contributed by atoms with Gasteiger partial charge in [0, 0.05) is 11.3 Å². The molecule has 1 atom stereocenters. The Morgan fingerprint density at radius 2 is 1.50 bits per heavy atom. The van der Waals surface area contributed by atoms with Gasteiger partial charge in [-0.2, -0.15) is 0 Å². The maximum atomic E-state index is 11.7. The van der Waals surface area contributed by atoms with Gasteiger partial charge >= 0.3 is 0 Å². The van der Waals surface area contributed by atoms with Crippen LogP contribution in [0.25, 0.3) is 12.2 Å². The third-order valence-electron chi connectivity index (χ3n) is 5.23. The molecule has 0 bridgehead atoms. The summed E-state index contributed by atoms with van der Waals surface area (Å²) in [6.45, 7) is 0. The molecule has 0 amide bonds. The lowest BCUT2D eigenvalue weighted by Crippen LogP contribution is -2.26. The molecule has 1 unspecified atom stereocenters. The number of hydrogen-bond donors (Lipinski definition) is 0. The van der Waals surface area contributed by atoms with Crippen molar-refractivity contribution in [1.82, 2.24) is 0 Å². The SMILES string of the molecule is O=C(Cl)C1CCC2(C1)c1ccccc1C=Cc1ccccc12. The van der Waals surface area contributed by atoms with E-state index in [1.165, 1.54) is 22.3 Å². The van der Waals surface area contributed by atoms with Gasteiger partial charge in [-0.25, -0.2) is 0 Å². The fraction of sp³-hybridized carbons (Fsp3) is 0.250. The molecular formula is C20H17ClO. The van der Waals surface area contributed by atoms with Crippen LogP contribution in [0.2, 0.25) is 0 Å². The molecule has 1 saturated carbocycles. The average molecular weight is 309 g/mol. The van der Waals surface area contributed by atoms with Gasteiger partial charge in [0.2, 0.25) is 5.24 Å². The minimum absolute atomic E-state index is 0.0409. The highest BCUT2D eigenvalue weighted by Crippen LogP contribution is 2.52. The van der Waals surface area contributed by atoms with E-state index in [-0.39, 0.29) is 16.6 Å². The molecule has 0 N–H and O–H groups in total. The van der Waals surface area contributed by atoms with Crippen LogP contribution in [0.3, 0.4) is 0 Å². The van der Waals surface area contributed by atoms with E-state index in [9.17, 15) is 4.79 Å². The molecule has 0 heterocycles. The topological polar surface area (TPSA) is 17.1 Å². The van der Waals surface area contributed by atoms with Gasteiger partial charge in [-0.15, -0.1) is 0 Å². The monoisotopic (exact) mass is 308 g/mol. The molecule has 2 aliphatic rings. The molecule has 1 fully saturated rings. The summed E-state index contributed by atoms with van der Waals surface area (Å²) in [5.74, 6) is -0.0409. The normalized spacial score (nSPS) is 21.2. The zero-order chi connectivity index (χ0) is 15.2. The van der Waals surface area contributed by atoms with Gasteiger partial charge in [-0.05, 0) is 53.1 Å². The maximum absolute atomic E-state index is 11.7. The molecule has 0 aliphatic heterocycles. The number of hydrogen-bond acceptors (Lipinski definition) is 1. The van der Waals surface area contributed by atoms with Gasteiger partial charge < -0.3 is 0 Å². The molecule has 2 aromatic carbocycles. The van der Waals surface area contributed by atoms with Crippen LogP contribution in [0, 0.1) is 5.92 Å². The fourth-order valence-corrected chi connectivity index (χ4v) is 4.40. The van der Waals surface area contributed by atoms with Crippen molar-refractivity contribution >= 4 is 29.0 Å². The van der Waals surface area contributed by atoms with Crippen LogP contribution >= 0.6 is 11.6 Å². The summed E-state index contributed by atoms with van der Waals surface area (Å²) in [6, 6.07) is 17.1. The number of benzene rings is 2. The van der Waals surface area contributed by atoms with Crippen molar-refractivity contribution in [3.05, 3.63) is 70.8 Å². The molecule has 2 aromatic rings. The molecule has 0 saturated heterocycles. The van der Waals surface area contributed by atoms with Crippen molar-refractivity contribution in [2.45, 2.75) is 24.7 Å². The van der Waals surface area contributed by atoms with Crippen LogP contribution in [0.4, 0.5) is 0 Å². The Morgan fingerprint density at radius 1 is 0.955 bits per heavy atom. The largest absolute Gasteiger partial charge is 0.281 e. The molecule has 4 rings (SSSR count). The van der Waals surface area contributed by atoms with Crippen LogP contribution in [0.15, 0.2) is 48.5 Å². The lowest BCUT2D eigenvalue weighted by molar-refractivity contribution is -0.115. The van der Waals surface area contributed by atoms with E-state index in [2.05, 4.69) is 60.7 Å². The van der Waals surface area contributed by atoms with Gasteiger partial charge in [0.25, 0.3) is 0 Å². The molecule has 1 spiro atoms. The van der Waals surface area contributed by atoms with Gasteiger partial charge in [0.05, 0.1) is 0 Å². The molecule has 22 heavy (non-hydrogen) atoms. The van der Waals surface area contributed by atoms with Gasteiger partial charge in [-0.3, -0.25) is 4.79 Å². The van der Waals surface area contributed by atoms with Crippen molar-refractivity contribution in [2.75, 3.05) is 0 Å². The van der Waals surface area contributed by atoms with Crippen LogP contribution in [-0.2, 0) is 10.2 Å². The first-order valence-electron chi connectivity index (χ1n) is 7.77. The molecule has 110 valence electrons. The van der Waals surface area contributed by atoms with Gasteiger partial charge in [-0.1, -0.05) is 60.7 Å². The Labute approximate surface area is 135 Å². The van der Waals surface area contributed by atoms with Gasteiger partial charge in [0.1, 0.15) is 0 Å². The van der Waals surface area contributed by atoms with E-state index in [1.54, 1.807) is 0 Å². The summed E-state index contributed by atoms with van der Waals surface area (Å²) in [5, 5.41) is -0.191. The lowest BCUT2D eigenvalue weighted by Gasteiger charge is -2.32. The molecule has 2 aliphatic carbocycles. The number of fused-ring (bicyclic) bond motifs is 4. The zero-order valence-electron chi connectivity index (χ0n) is 12.3. The third kappa shape index (κ3) is 1.96. The highest BCUT2D eigenvalue weighted by molar-refractivity contribution is 6.64. The van der Waals surface area contributed by atoms with E-state index in [0.29, 0.717) is 0 Å². The van der Waals surface area contributed by atoms with Crippen LogP contribution in [0.1, 0.15) is 41.5 Å². The summed E-state index contributed by atoms with van der Waals surface area (Å²) in [7, 11) is 0. The summed E-state index contributed by atoms with van der Waals surface area (Å²) in [4.78, 5) is 11.7. The zero-order valence-corrected chi connectivity index (χ0v) is 13.0. The Morgan fingerprint density at radius 3 is 2.00 bits per heavy atom. The molecule has 1 nitrogen and oxygen atoms in total. The Balaban J connectivity index is 1.97. The Hall–Kier alpha value is -1.86. The van der Waals surface area contributed by atoms with Crippen molar-refractivity contribution in [3.63, 3.8) is 0 Å². The minimum Gasteiger partial charge on any atom is -0.281 e. The van der Waals surface area contributed by atoms with Crippen molar-refractivity contribution in [2.24, 2.45) is 5.92 Å². The predicted molar refractivity (Wildman–Crippen MR) is 90.8 cm³/mol. The predicted octanol–water partition coefficient (Wildman–Crippen LogP) is 5.02. The molecule has 2 heteroatoms. The smallest absolute Gasteiger partial charge is 0.224 e. The van der Waals surface area contributed by atoms with Crippen LogP contribution in [0.5, 0.6) is 0 Å². The quantitative estimate of drug-likeness (QED) is 0.676. The Bertz CT molecular complexity index is 725. The lowest BCUT2D eigenvalue weighted by atomic mass is 9.70. The first kappa shape index (κ1) is 13.8. The molecular weight excluding hydrogens is 292 g/mol. The maximum Gasteiger partial charge on any atom is 0.224 e. The summed E-state index contributed by atoms with van der Waals surface area (Å²) in [6.07, 6.45) is 7.04. The minimum atomic E-state index is -0.191.